The molecule has 0 amide bonds. The summed E-state index contributed by atoms with van der Waals surface area (Å²) in [5.74, 6) is -0.0853. The summed E-state index contributed by atoms with van der Waals surface area (Å²) < 4.78 is -2.78. The number of benzene rings is 4. The van der Waals surface area contributed by atoms with Crippen molar-refractivity contribution in [3.8, 4) is 0 Å². The molecule has 0 aromatic heterocycles. The monoisotopic (exact) mass is 1290 g/mol. The van der Waals surface area contributed by atoms with Crippen LogP contribution in [-0.2, 0) is 14.9 Å². The molecule has 442 valence electrons. The van der Waals surface area contributed by atoms with Gasteiger partial charge in [0.1, 0.15) is 0 Å². The maximum atomic E-state index is 11.4. The zero-order valence-corrected chi connectivity index (χ0v) is 59.6. The van der Waals surface area contributed by atoms with Crippen LogP contribution in [-0.4, -0.2) is 74.0 Å². The summed E-state index contributed by atoms with van der Waals surface area (Å²) in [5.41, 5.74) is 26.3. The maximum absolute atomic E-state index is 11.4. The van der Waals surface area contributed by atoms with Crippen molar-refractivity contribution in [2.24, 2.45) is 0 Å². The van der Waals surface area contributed by atoms with E-state index in [1.807, 2.05) is 0 Å². The first-order valence-corrected chi connectivity index (χ1v) is 47.4. The van der Waals surface area contributed by atoms with E-state index in [9.17, 15) is 17.0 Å². The van der Waals surface area contributed by atoms with Crippen LogP contribution in [0.15, 0.2) is 285 Å². The summed E-state index contributed by atoms with van der Waals surface area (Å²) in [7, 11) is 34.8. The molecule has 0 N–H and O–H groups in total. The van der Waals surface area contributed by atoms with E-state index >= 15 is 0 Å². The van der Waals surface area contributed by atoms with Crippen molar-refractivity contribution in [3.63, 3.8) is 0 Å². The van der Waals surface area contributed by atoms with Gasteiger partial charge in [0.25, 0.3) is 0 Å². The number of rotatable bonds is 8. The van der Waals surface area contributed by atoms with Gasteiger partial charge in [0.2, 0.25) is 0 Å². The van der Waals surface area contributed by atoms with E-state index in [1.54, 1.807) is 0 Å². The molecule has 9 heteroatoms. The second kappa shape index (κ2) is 19.7. The molecule has 4 aromatic carbocycles. The summed E-state index contributed by atoms with van der Waals surface area (Å²) in [6.45, 7) is 15.6. The molecule has 5 spiro atoms. The molecular weight excluding hydrogens is 1210 g/mol. The van der Waals surface area contributed by atoms with Crippen molar-refractivity contribution in [3.05, 3.63) is 308 Å². The van der Waals surface area contributed by atoms with Gasteiger partial charge in [0.05, 0.1) is 0 Å². The molecule has 8 aliphatic carbocycles. The van der Waals surface area contributed by atoms with Crippen molar-refractivity contribution in [2.45, 2.75) is 75.4 Å². The van der Waals surface area contributed by atoms with E-state index in [0.29, 0.717) is 0 Å². The SMILES string of the molecule is CC1=CC2=C(C=CC=CC2c2ccc(N(C)C)cc2)[C]12[SiH](C)[C]1(C(C)=CC3=C1C=CC=CC3c1ccc(N(C)C)cc1)[Zr]21([Cl])([Cl])[C]2(C(C)=CC3=C2C=CC=CC3c2ccc(N(C)C)cc2)[SiH](C)[C]12C(C)=CC1=C2C=CC=CC1c1ccc(N(C)C)cc1. The Labute approximate surface area is 527 Å². The molecule has 2 fully saturated rings. The van der Waals surface area contributed by atoms with Crippen LogP contribution in [0.25, 0.3) is 0 Å². The molecule has 8 unspecified atom stereocenters. The van der Waals surface area contributed by atoms with Gasteiger partial charge in [0, 0.05) is 0 Å². The van der Waals surface area contributed by atoms with Crippen LogP contribution in [0.2, 0.25) is 24.1 Å². The third-order valence-electron chi connectivity index (χ3n) is 24.2. The quantitative estimate of drug-likeness (QED) is 0.163. The average Bonchev–Trinajstić information content (AvgIpc) is 1.53. The molecular formula is C78H84Cl2N4Si2Zr. The van der Waals surface area contributed by atoms with Crippen molar-refractivity contribution >= 4 is 57.4 Å². The average molecular weight is 1300 g/mol. The van der Waals surface area contributed by atoms with E-state index < -0.39 is 43.5 Å². The van der Waals surface area contributed by atoms with E-state index in [0.717, 1.165) is 0 Å². The zero-order chi connectivity index (χ0) is 61.2. The van der Waals surface area contributed by atoms with Gasteiger partial charge >= 0.3 is 531 Å². The Morgan fingerprint density at radius 2 is 0.517 bits per heavy atom. The first kappa shape index (κ1) is 58.5. The molecule has 4 aromatic rings. The molecule has 4 nitrogen and oxygen atoms in total. The minimum atomic E-state index is -7.57. The van der Waals surface area contributed by atoms with Crippen molar-refractivity contribution in [1.29, 1.82) is 0 Å². The first-order valence-electron chi connectivity index (χ1n) is 31.6. The van der Waals surface area contributed by atoms with Gasteiger partial charge in [-0.3, -0.25) is 0 Å². The molecule has 10 aliphatic rings. The number of halogens is 2. The number of hydrogen-bond donors (Lipinski definition) is 0. The van der Waals surface area contributed by atoms with Crippen LogP contribution in [0.3, 0.4) is 0 Å². The molecule has 0 radical (unpaired) electrons. The molecule has 2 heterocycles. The molecule has 8 atom stereocenters. The second-order valence-electron chi connectivity index (χ2n) is 27.9. The van der Waals surface area contributed by atoms with Crippen LogP contribution in [0.1, 0.15) is 73.6 Å². The van der Waals surface area contributed by atoms with Gasteiger partial charge in [0.15, 0.2) is 0 Å². The molecule has 2 aliphatic heterocycles. The molecule has 87 heavy (non-hydrogen) atoms. The van der Waals surface area contributed by atoms with E-state index in [2.05, 4.69) is 335 Å². The van der Waals surface area contributed by atoms with E-state index in [-0.39, 0.29) is 23.7 Å². The Balaban J connectivity index is 1.17. The Morgan fingerprint density at radius 1 is 0.322 bits per heavy atom. The summed E-state index contributed by atoms with van der Waals surface area (Å²) in [5, 5.41) is 0. The fourth-order valence-electron chi connectivity index (χ4n) is 21.8. The Bertz CT molecular complexity index is 3680. The predicted molar refractivity (Wildman–Crippen MR) is 379 cm³/mol. The number of fused-ring (bicyclic) bond motifs is 8. The van der Waals surface area contributed by atoms with Gasteiger partial charge in [-0.25, -0.2) is 0 Å². The second-order valence-corrected chi connectivity index (χ2v) is 67.7. The third-order valence-corrected chi connectivity index (χ3v) is 109. The van der Waals surface area contributed by atoms with Gasteiger partial charge in [-0.1, -0.05) is 0 Å². The normalized spacial score (nSPS) is 32.7. The van der Waals surface area contributed by atoms with Crippen LogP contribution < -0.4 is 19.6 Å². The third kappa shape index (κ3) is 6.45. The predicted octanol–water partition coefficient (Wildman–Crippen LogP) is 19.0. The summed E-state index contributed by atoms with van der Waals surface area (Å²) >= 11 is -7.57. The van der Waals surface area contributed by atoms with Crippen molar-refractivity contribution in [2.75, 3.05) is 76.0 Å². The topological polar surface area (TPSA) is 13.0 Å². The van der Waals surface area contributed by atoms with Gasteiger partial charge in [-0.2, -0.15) is 0 Å². The minimum absolute atomic E-state index is 0.0213. The number of hydrogen-bond acceptors (Lipinski definition) is 4. The van der Waals surface area contributed by atoms with Gasteiger partial charge < -0.3 is 0 Å². The Hall–Kier alpha value is -6.18. The first-order chi connectivity index (χ1) is 41.6. The summed E-state index contributed by atoms with van der Waals surface area (Å²) in [6.07, 6.45) is 49.4. The summed E-state index contributed by atoms with van der Waals surface area (Å²) in [4.78, 5) is 8.80. The van der Waals surface area contributed by atoms with Crippen LogP contribution in [0, 0.1) is 0 Å². The number of nitrogens with zero attached hydrogens (tertiary/aromatic N) is 4. The van der Waals surface area contributed by atoms with Gasteiger partial charge in [-0.15, -0.1) is 0 Å². The standard InChI is InChI=1S/2C39H42N2Si.2ClH.Zr/c2*1-26-24-36-32(28-16-20-30(21-17-28)40(3)4)12-8-10-14-34(36)38(26)42(7)39-27(2)25-37-33(13-9-11-15-35(37)39)29-18-22-31(23-19-29)41(5)6;;;/h2*8-25,32-33,42H,1-7H3;2*1H;/q;;;;+2/p-2. The Morgan fingerprint density at radius 3 is 0.701 bits per heavy atom. The van der Waals surface area contributed by atoms with Crippen molar-refractivity contribution in [1.82, 2.24) is 0 Å². The van der Waals surface area contributed by atoms with Crippen LogP contribution >= 0.6 is 17.0 Å². The fourth-order valence-corrected chi connectivity index (χ4v) is 146. The van der Waals surface area contributed by atoms with E-state index in [1.165, 1.54) is 112 Å². The molecule has 0 bridgehead atoms. The van der Waals surface area contributed by atoms with E-state index in [4.69, 9.17) is 0 Å². The number of anilines is 4. The molecule has 14 rings (SSSR count). The summed E-state index contributed by atoms with van der Waals surface area (Å²) in [6, 6.07) is 37.3. The van der Waals surface area contributed by atoms with Crippen LogP contribution in [0.4, 0.5) is 22.7 Å². The zero-order valence-electron chi connectivity index (χ0n) is 53.3. The Kier molecular flexibility index (Phi) is 13.2. The molecule has 0 saturated carbocycles. The van der Waals surface area contributed by atoms with Gasteiger partial charge in [-0.05, 0) is 0 Å². The van der Waals surface area contributed by atoms with Crippen molar-refractivity contribution < 1.29 is 14.9 Å². The molecule has 2 saturated heterocycles. The fraction of sp³-hybridized carbons (Fsp3) is 0.282. The van der Waals surface area contributed by atoms with Crippen LogP contribution in [0.5, 0.6) is 0 Å². The number of allylic oxidation sites excluding steroid dienone is 32.